The van der Waals surface area contributed by atoms with E-state index in [9.17, 15) is 0 Å². The zero-order valence-corrected chi connectivity index (χ0v) is 8.47. The molecule has 0 saturated carbocycles. The van der Waals surface area contributed by atoms with Crippen molar-refractivity contribution in [2.24, 2.45) is 0 Å². The average Bonchev–Trinajstić information content (AvgIpc) is 2.47. The molecule has 0 aliphatic heterocycles. The van der Waals surface area contributed by atoms with Crippen LogP contribution in [0, 0.1) is 0 Å². The summed E-state index contributed by atoms with van der Waals surface area (Å²) in [6.07, 6.45) is 0. The number of hydrogen-bond acceptors (Lipinski definition) is 3. The molecule has 68 valence electrons. The molecule has 1 heterocycles. The second kappa shape index (κ2) is 4.64. The molecule has 0 saturated heterocycles. The first-order valence-corrected chi connectivity index (χ1v) is 4.58. The van der Waals surface area contributed by atoms with Crippen molar-refractivity contribution in [2.45, 2.75) is 5.92 Å². The van der Waals surface area contributed by atoms with Crippen molar-refractivity contribution in [2.75, 3.05) is 20.2 Å². The van der Waals surface area contributed by atoms with Crippen molar-refractivity contribution < 1.29 is 9.52 Å². The predicted octanol–water partition coefficient (Wildman–Crippen LogP) is 1.34. The Kier molecular flexibility index (Phi) is 3.78. The van der Waals surface area contributed by atoms with Gasteiger partial charge in [-0.2, -0.15) is 0 Å². The minimum Gasteiger partial charge on any atom is -0.454 e. The summed E-state index contributed by atoms with van der Waals surface area (Å²) in [5.74, 6) is 0.847. The summed E-state index contributed by atoms with van der Waals surface area (Å²) >= 11 is 3.21. The molecule has 0 fully saturated rings. The third-order valence-corrected chi connectivity index (χ3v) is 2.09. The van der Waals surface area contributed by atoms with E-state index in [2.05, 4.69) is 21.2 Å². The Morgan fingerprint density at radius 3 is 2.83 bits per heavy atom. The van der Waals surface area contributed by atoms with E-state index in [1.807, 2.05) is 19.2 Å². The minimum absolute atomic E-state index is 0.0429. The van der Waals surface area contributed by atoms with Crippen LogP contribution in [0.25, 0.3) is 0 Å². The van der Waals surface area contributed by atoms with Crippen LogP contribution in [-0.4, -0.2) is 25.3 Å². The standard InChI is InChI=1S/C8H12BrNO2/c1-10-4-6(5-11)7-2-3-8(9)12-7/h2-3,6,10-11H,4-5H2,1H3. The largest absolute Gasteiger partial charge is 0.454 e. The molecule has 0 aliphatic carbocycles. The van der Waals surface area contributed by atoms with Gasteiger partial charge in [0.15, 0.2) is 4.67 Å². The number of likely N-dealkylation sites (N-methyl/N-ethyl adjacent to an activating group) is 1. The highest BCUT2D eigenvalue weighted by Crippen LogP contribution is 2.21. The van der Waals surface area contributed by atoms with E-state index < -0.39 is 0 Å². The van der Waals surface area contributed by atoms with E-state index in [-0.39, 0.29) is 12.5 Å². The van der Waals surface area contributed by atoms with Crippen molar-refractivity contribution >= 4 is 15.9 Å². The Morgan fingerprint density at radius 1 is 1.67 bits per heavy atom. The van der Waals surface area contributed by atoms with E-state index in [1.54, 1.807) is 0 Å². The van der Waals surface area contributed by atoms with Gasteiger partial charge in [0.1, 0.15) is 5.76 Å². The topological polar surface area (TPSA) is 45.4 Å². The van der Waals surface area contributed by atoms with Crippen molar-refractivity contribution in [3.8, 4) is 0 Å². The monoisotopic (exact) mass is 233 g/mol. The van der Waals surface area contributed by atoms with E-state index in [0.717, 1.165) is 12.3 Å². The second-order valence-electron chi connectivity index (χ2n) is 2.58. The first kappa shape index (κ1) is 9.77. The van der Waals surface area contributed by atoms with Gasteiger partial charge in [-0.15, -0.1) is 0 Å². The van der Waals surface area contributed by atoms with Crippen LogP contribution in [0.2, 0.25) is 0 Å². The highest BCUT2D eigenvalue weighted by molar-refractivity contribution is 9.10. The number of furan rings is 1. The lowest BCUT2D eigenvalue weighted by Crippen LogP contribution is -2.19. The summed E-state index contributed by atoms with van der Waals surface area (Å²) in [5.41, 5.74) is 0. The molecule has 1 atom stereocenters. The molecule has 1 aromatic rings. The average molecular weight is 234 g/mol. The van der Waals surface area contributed by atoms with Crippen LogP contribution in [0.1, 0.15) is 11.7 Å². The Labute approximate surface area is 79.9 Å². The van der Waals surface area contributed by atoms with Crippen molar-refractivity contribution in [1.82, 2.24) is 5.32 Å². The Hall–Kier alpha value is -0.320. The first-order valence-electron chi connectivity index (χ1n) is 3.78. The van der Waals surface area contributed by atoms with E-state index in [1.165, 1.54) is 0 Å². The highest BCUT2D eigenvalue weighted by atomic mass is 79.9. The molecule has 4 heteroatoms. The minimum atomic E-state index is 0.0429. The number of rotatable bonds is 4. The van der Waals surface area contributed by atoms with Crippen LogP contribution in [-0.2, 0) is 0 Å². The second-order valence-corrected chi connectivity index (χ2v) is 3.36. The summed E-state index contributed by atoms with van der Waals surface area (Å²) in [4.78, 5) is 0. The first-order chi connectivity index (χ1) is 5.77. The zero-order chi connectivity index (χ0) is 8.97. The molecule has 3 nitrogen and oxygen atoms in total. The fourth-order valence-electron chi connectivity index (χ4n) is 1.05. The van der Waals surface area contributed by atoms with Gasteiger partial charge in [0.2, 0.25) is 0 Å². The van der Waals surface area contributed by atoms with Crippen LogP contribution in [0.4, 0.5) is 0 Å². The molecule has 0 spiro atoms. The van der Waals surface area contributed by atoms with Crippen LogP contribution < -0.4 is 5.32 Å². The lowest BCUT2D eigenvalue weighted by molar-refractivity contribution is 0.246. The quantitative estimate of drug-likeness (QED) is 0.826. The van der Waals surface area contributed by atoms with Crippen LogP contribution in [0.15, 0.2) is 21.2 Å². The molecule has 1 aromatic heterocycles. The molecule has 0 bridgehead atoms. The number of nitrogens with one attached hydrogen (secondary N) is 1. The van der Waals surface area contributed by atoms with Gasteiger partial charge >= 0.3 is 0 Å². The molecular formula is C8H12BrNO2. The normalized spacial score (nSPS) is 13.2. The summed E-state index contributed by atoms with van der Waals surface area (Å²) < 4.78 is 6.01. The third kappa shape index (κ3) is 2.33. The lowest BCUT2D eigenvalue weighted by Gasteiger charge is -2.09. The molecule has 0 aromatic carbocycles. The maximum atomic E-state index is 9.00. The molecule has 0 radical (unpaired) electrons. The van der Waals surface area contributed by atoms with Gasteiger partial charge in [-0.3, -0.25) is 0 Å². The smallest absolute Gasteiger partial charge is 0.169 e. The van der Waals surface area contributed by atoms with Crippen molar-refractivity contribution in [1.29, 1.82) is 0 Å². The molecule has 0 amide bonds. The van der Waals surface area contributed by atoms with Gasteiger partial charge in [-0.05, 0) is 35.1 Å². The molecule has 1 unspecified atom stereocenters. The van der Waals surface area contributed by atoms with E-state index in [4.69, 9.17) is 9.52 Å². The fraction of sp³-hybridized carbons (Fsp3) is 0.500. The Bertz CT molecular complexity index is 237. The van der Waals surface area contributed by atoms with Crippen LogP contribution in [0.3, 0.4) is 0 Å². The lowest BCUT2D eigenvalue weighted by atomic mass is 10.1. The predicted molar refractivity (Wildman–Crippen MR) is 50.2 cm³/mol. The summed E-state index contributed by atoms with van der Waals surface area (Å²) in [6.45, 7) is 0.817. The van der Waals surface area contributed by atoms with Gasteiger partial charge < -0.3 is 14.8 Å². The Balaban J connectivity index is 2.66. The van der Waals surface area contributed by atoms with Gasteiger partial charge in [-0.25, -0.2) is 0 Å². The van der Waals surface area contributed by atoms with E-state index >= 15 is 0 Å². The van der Waals surface area contributed by atoms with Crippen molar-refractivity contribution in [3.63, 3.8) is 0 Å². The highest BCUT2D eigenvalue weighted by Gasteiger charge is 2.12. The third-order valence-electron chi connectivity index (χ3n) is 1.67. The summed E-state index contributed by atoms with van der Waals surface area (Å²) in [7, 11) is 1.85. The number of aliphatic hydroxyl groups is 1. The van der Waals surface area contributed by atoms with Crippen molar-refractivity contribution in [3.05, 3.63) is 22.6 Å². The summed E-state index contributed by atoms with van der Waals surface area (Å²) in [5, 5.41) is 12.0. The molecule has 2 N–H and O–H groups in total. The van der Waals surface area contributed by atoms with Gasteiger partial charge in [0, 0.05) is 6.54 Å². The maximum Gasteiger partial charge on any atom is 0.169 e. The van der Waals surface area contributed by atoms with E-state index in [0.29, 0.717) is 4.67 Å². The zero-order valence-electron chi connectivity index (χ0n) is 6.88. The van der Waals surface area contributed by atoms with Crippen LogP contribution in [0.5, 0.6) is 0 Å². The molecular weight excluding hydrogens is 222 g/mol. The van der Waals surface area contributed by atoms with Crippen LogP contribution >= 0.6 is 15.9 Å². The summed E-state index contributed by atoms with van der Waals surface area (Å²) in [6, 6.07) is 3.69. The number of aliphatic hydroxyl groups excluding tert-OH is 1. The van der Waals surface area contributed by atoms with Gasteiger partial charge in [0.25, 0.3) is 0 Å². The SMILES string of the molecule is CNCC(CO)c1ccc(Br)o1. The number of hydrogen-bond donors (Lipinski definition) is 2. The maximum absolute atomic E-state index is 9.00. The van der Waals surface area contributed by atoms with Gasteiger partial charge in [0.05, 0.1) is 12.5 Å². The molecule has 0 aliphatic rings. The van der Waals surface area contributed by atoms with Gasteiger partial charge in [-0.1, -0.05) is 0 Å². The molecule has 12 heavy (non-hydrogen) atoms. The molecule has 1 rings (SSSR count). The Morgan fingerprint density at radius 2 is 2.42 bits per heavy atom. The number of halogens is 1. The fourth-order valence-corrected chi connectivity index (χ4v) is 1.37.